The third-order valence-electron chi connectivity index (χ3n) is 5.34. The van der Waals surface area contributed by atoms with E-state index < -0.39 is 5.79 Å². The van der Waals surface area contributed by atoms with Crippen molar-refractivity contribution < 1.29 is 19.0 Å². The van der Waals surface area contributed by atoms with Crippen LogP contribution >= 0.6 is 0 Å². The van der Waals surface area contributed by atoms with Gasteiger partial charge in [-0.1, -0.05) is 48.9 Å². The third kappa shape index (κ3) is 4.73. The van der Waals surface area contributed by atoms with E-state index in [-0.39, 0.29) is 30.2 Å². The molecule has 1 aromatic rings. The number of aryl methyl sites for hydroxylation is 2. The summed E-state index contributed by atoms with van der Waals surface area (Å²) in [6, 6.07) is 4.06. The molecule has 2 aliphatic rings. The number of cyclic esters (lactones) is 1. The van der Waals surface area contributed by atoms with Crippen LogP contribution in [0.3, 0.4) is 0 Å². The Labute approximate surface area is 168 Å². The number of hydrogen-bond acceptors (Lipinski definition) is 4. The first kappa shape index (κ1) is 20.8. The van der Waals surface area contributed by atoms with Gasteiger partial charge in [-0.25, -0.2) is 4.79 Å². The molecule has 0 bridgehead atoms. The number of hydrogen-bond donors (Lipinski definition) is 0. The van der Waals surface area contributed by atoms with Crippen LogP contribution in [-0.4, -0.2) is 30.1 Å². The van der Waals surface area contributed by atoms with Gasteiger partial charge in [0, 0.05) is 12.3 Å². The zero-order valence-corrected chi connectivity index (χ0v) is 17.8. The lowest BCUT2D eigenvalue weighted by Gasteiger charge is -2.21. The van der Waals surface area contributed by atoms with Gasteiger partial charge in [0.25, 0.3) is 0 Å². The lowest BCUT2D eigenvalue weighted by molar-refractivity contribution is -0.148. The van der Waals surface area contributed by atoms with Crippen LogP contribution in [0.4, 0.5) is 0 Å². The predicted molar refractivity (Wildman–Crippen MR) is 111 cm³/mol. The van der Waals surface area contributed by atoms with E-state index in [0.29, 0.717) is 12.0 Å². The number of ether oxygens (including phenoxy) is 3. The molecule has 3 rings (SSSR count). The van der Waals surface area contributed by atoms with Crippen molar-refractivity contribution in [2.75, 3.05) is 0 Å². The minimum absolute atomic E-state index is 0.00425. The van der Waals surface area contributed by atoms with Gasteiger partial charge < -0.3 is 14.2 Å². The molecule has 4 atom stereocenters. The quantitative estimate of drug-likeness (QED) is 0.446. The summed E-state index contributed by atoms with van der Waals surface area (Å²) in [5, 5.41) is 0. The Bertz CT molecular complexity index is 790. The minimum Gasteiger partial charge on any atom is -0.459 e. The smallest absolute Gasteiger partial charge is 0.339 e. The highest BCUT2D eigenvalue weighted by Crippen LogP contribution is 2.35. The standard InChI is InChI=1S/C24H32O4/c1-15-13-17(3)21-19(14-15)11-8-12-20-22(28-24(5,6)27-20)16(2)9-7-10-18(4)26-23(21)25/h7-9,11,13-14,16,18,20,22H,10,12H2,1-6H3/b9-7-,11-8+/t16?,18-,20?,22?/m0/s1. The minimum atomic E-state index is -0.587. The van der Waals surface area contributed by atoms with Gasteiger partial charge in [0.15, 0.2) is 5.79 Å². The van der Waals surface area contributed by atoms with Crippen molar-refractivity contribution in [3.8, 4) is 0 Å². The summed E-state index contributed by atoms with van der Waals surface area (Å²) in [5.41, 5.74) is 3.60. The van der Waals surface area contributed by atoms with Gasteiger partial charge in [-0.15, -0.1) is 0 Å². The molecule has 4 heteroatoms. The van der Waals surface area contributed by atoms with E-state index in [9.17, 15) is 4.79 Å². The van der Waals surface area contributed by atoms with E-state index in [0.717, 1.165) is 23.1 Å². The van der Waals surface area contributed by atoms with Gasteiger partial charge >= 0.3 is 5.97 Å². The highest BCUT2D eigenvalue weighted by atomic mass is 16.8. The van der Waals surface area contributed by atoms with Crippen molar-refractivity contribution in [1.82, 2.24) is 0 Å². The number of carbonyl (C=O) groups is 1. The molecule has 0 spiro atoms. The molecule has 28 heavy (non-hydrogen) atoms. The Morgan fingerprint density at radius 2 is 1.79 bits per heavy atom. The Hall–Kier alpha value is -1.91. The fourth-order valence-corrected chi connectivity index (χ4v) is 4.12. The van der Waals surface area contributed by atoms with E-state index in [1.807, 2.05) is 52.8 Å². The van der Waals surface area contributed by atoms with E-state index >= 15 is 0 Å². The number of carbonyl (C=O) groups excluding carboxylic acids is 1. The van der Waals surface area contributed by atoms with Crippen LogP contribution < -0.4 is 0 Å². The molecule has 0 aromatic heterocycles. The number of benzene rings is 1. The summed E-state index contributed by atoms with van der Waals surface area (Å²) >= 11 is 0. The normalized spacial score (nSPS) is 32.6. The Kier molecular flexibility index (Phi) is 6.11. The third-order valence-corrected chi connectivity index (χ3v) is 5.34. The van der Waals surface area contributed by atoms with Crippen LogP contribution in [0.5, 0.6) is 0 Å². The maximum Gasteiger partial charge on any atom is 0.339 e. The van der Waals surface area contributed by atoms with Gasteiger partial charge in [0.05, 0.1) is 17.8 Å². The Morgan fingerprint density at radius 3 is 2.54 bits per heavy atom. The van der Waals surface area contributed by atoms with Gasteiger partial charge in [-0.2, -0.15) is 0 Å². The summed E-state index contributed by atoms with van der Waals surface area (Å²) in [5.74, 6) is -0.637. The molecule has 0 amide bonds. The van der Waals surface area contributed by atoms with Gasteiger partial charge in [0.2, 0.25) is 0 Å². The maximum atomic E-state index is 12.8. The predicted octanol–water partition coefficient (Wildman–Crippen LogP) is 5.37. The van der Waals surface area contributed by atoms with E-state index in [1.54, 1.807) is 0 Å². The molecule has 1 aromatic carbocycles. The molecular formula is C24H32O4. The zero-order chi connectivity index (χ0) is 20.5. The largest absolute Gasteiger partial charge is 0.459 e. The maximum absolute atomic E-state index is 12.8. The molecule has 2 aliphatic heterocycles. The number of esters is 1. The van der Waals surface area contributed by atoms with Gasteiger partial charge in [-0.05, 0) is 52.2 Å². The van der Waals surface area contributed by atoms with Crippen molar-refractivity contribution in [2.24, 2.45) is 5.92 Å². The van der Waals surface area contributed by atoms with Crippen LogP contribution in [0.15, 0.2) is 30.4 Å². The fourth-order valence-electron chi connectivity index (χ4n) is 4.12. The molecule has 1 fully saturated rings. The SMILES string of the molecule is Cc1cc(C)c2c(c1)/C=C/CC1OC(C)(C)OC1C(C)/C=C\C[C@H](C)OC2=O. The monoisotopic (exact) mass is 384 g/mol. The molecule has 0 N–H and O–H groups in total. The molecule has 2 heterocycles. The van der Waals surface area contributed by atoms with E-state index in [2.05, 4.69) is 25.2 Å². The topological polar surface area (TPSA) is 44.8 Å². The van der Waals surface area contributed by atoms with E-state index in [4.69, 9.17) is 14.2 Å². The Morgan fingerprint density at radius 1 is 1.04 bits per heavy atom. The highest BCUT2D eigenvalue weighted by Gasteiger charge is 2.42. The average Bonchev–Trinajstić information content (AvgIpc) is 2.88. The van der Waals surface area contributed by atoms with Crippen LogP contribution in [0.25, 0.3) is 6.08 Å². The summed E-state index contributed by atoms with van der Waals surface area (Å²) in [6.45, 7) is 12.0. The highest BCUT2D eigenvalue weighted by molar-refractivity contribution is 5.95. The Balaban J connectivity index is 1.98. The van der Waals surface area contributed by atoms with Crippen LogP contribution in [0.2, 0.25) is 0 Å². The molecule has 3 unspecified atom stereocenters. The molecule has 0 saturated carbocycles. The van der Waals surface area contributed by atoms with Crippen molar-refractivity contribution in [2.45, 2.75) is 78.5 Å². The second kappa shape index (κ2) is 8.22. The number of rotatable bonds is 0. The first-order valence-electron chi connectivity index (χ1n) is 10.2. The molecular weight excluding hydrogens is 352 g/mol. The van der Waals surface area contributed by atoms with Gasteiger partial charge in [-0.3, -0.25) is 0 Å². The fraction of sp³-hybridized carbons (Fsp3) is 0.542. The number of fused-ring (bicyclic) bond motifs is 2. The molecule has 0 radical (unpaired) electrons. The zero-order valence-electron chi connectivity index (χ0n) is 17.8. The summed E-state index contributed by atoms with van der Waals surface area (Å²) < 4.78 is 18.1. The second-order valence-electron chi connectivity index (χ2n) is 8.56. The van der Waals surface area contributed by atoms with E-state index in [1.165, 1.54) is 0 Å². The first-order chi connectivity index (χ1) is 13.2. The van der Waals surface area contributed by atoms with Crippen LogP contribution in [-0.2, 0) is 14.2 Å². The van der Waals surface area contributed by atoms with Crippen molar-refractivity contribution >= 4 is 12.0 Å². The molecule has 0 aliphatic carbocycles. The van der Waals surface area contributed by atoms with Crippen molar-refractivity contribution in [3.63, 3.8) is 0 Å². The lowest BCUT2D eigenvalue weighted by atomic mass is 9.95. The van der Waals surface area contributed by atoms with Gasteiger partial charge in [0.1, 0.15) is 6.10 Å². The molecule has 4 nitrogen and oxygen atoms in total. The summed E-state index contributed by atoms with van der Waals surface area (Å²) in [6.07, 6.45) is 9.51. The average molecular weight is 385 g/mol. The second-order valence-corrected chi connectivity index (χ2v) is 8.56. The first-order valence-corrected chi connectivity index (χ1v) is 10.2. The van der Waals surface area contributed by atoms with Crippen molar-refractivity contribution in [3.05, 3.63) is 52.6 Å². The summed E-state index contributed by atoms with van der Waals surface area (Å²) in [7, 11) is 0. The molecule has 152 valence electrons. The van der Waals surface area contributed by atoms with Crippen LogP contribution in [0.1, 0.15) is 67.6 Å². The summed E-state index contributed by atoms with van der Waals surface area (Å²) in [4.78, 5) is 12.8. The molecule has 1 saturated heterocycles. The lowest BCUT2D eigenvalue weighted by Crippen LogP contribution is -2.28. The van der Waals surface area contributed by atoms with Crippen LogP contribution in [0, 0.1) is 19.8 Å². The van der Waals surface area contributed by atoms with Crippen molar-refractivity contribution in [1.29, 1.82) is 0 Å².